The topological polar surface area (TPSA) is 67.4 Å². The van der Waals surface area contributed by atoms with Gasteiger partial charge < -0.3 is 15.4 Å². The van der Waals surface area contributed by atoms with Gasteiger partial charge in [0.25, 0.3) is 0 Å². The minimum absolute atomic E-state index is 0.000559. The minimum atomic E-state index is -0.192. The zero-order valence-corrected chi connectivity index (χ0v) is 13.5. The second-order valence-corrected chi connectivity index (χ2v) is 5.79. The monoisotopic (exact) mass is 324 g/mol. The molecule has 0 saturated carbocycles. The summed E-state index contributed by atoms with van der Waals surface area (Å²) in [4.78, 5) is 24.0. The molecule has 1 unspecified atom stereocenters. The average Bonchev–Trinajstić information content (AvgIpc) is 2.91. The van der Waals surface area contributed by atoms with Crippen molar-refractivity contribution < 1.29 is 14.3 Å². The largest absolute Gasteiger partial charge is 0.497 e. The molecule has 124 valence electrons. The molecular weight excluding hydrogens is 304 g/mol. The van der Waals surface area contributed by atoms with E-state index in [9.17, 15) is 9.59 Å². The summed E-state index contributed by atoms with van der Waals surface area (Å²) in [6.07, 6.45) is 0.911. The lowest BCUT2D eigenvalue weighted by Crippen LogP contribution is -2.28. The van der Waals surface area contributed by atoms with Gasteiger partial charge in [0.05, 0.1) is 19.4 Å². The molecule has 0 fully saturated rings. The van der Waals surface area contributed by atoms with Crippen LogP contribution in [-0.2, 0) is 16.0 Å². The molecule has 1 aliphatic heterocycles. The lowest BCUT2D eigenvalue weighted by molar-refractivity contribution is -0.121. The molecule has 0 aliphatic carbocycles. The van der Waals surface area contributed by atoms with Crippen LogP contribution in [0.25, 0.3) is 0 Å². The molecule has 1 atom stereocenters. The first-order valence-electron chi connectivity index (χ1n) is 7.97. The lowest BCUT2D eigenvalue weighted by atomic mass is 9.97. The number of para-hydroxylation sites is 1. The quantitative estimate of drug-likeness (QED) is 0.858. The van der Waals surface area contributed by atoms with Gasteiger partial charge in [0, 0.05) is 12.2 Å². The van der Waals surface area contributed by atoms with Gasteiger partial charge in [-0.05, 0) is 35.7 Å². The molecular formula is C19H20N2O3. The average molecular weight is 324 g/mol. The number of hydrogen-bond acceptors (Lipinski definition) is 3. The Balaban J connectivity index is 1.49. The molecule has 0 radical (unpaired) electrons. The fraction of sp³-hybridized carbons (Fsp3) is 0.263. The highest BCUT2D eigenvalue weighted by molar-refractivity contribution is 6.02. The number of methoxy groups -OCH3 is 1. The maximum absolute atomic E-state index is 12.0. The minimum Gasteiger partial charge on any atom is -0.497 e. The molecule has 2 aromatic carbocycles. The second kappa shape index (κ2) is 7.17. The normalized spacial score (nSPS) is 15.5. The van der Waals surface area contributed by atoms with E-state index in [2.05, 4.69) is 10.6 Å². The molecule has 0 spiro atoms. The first-order valence-corrected chi connectivity index (χ1v) is 7.97. The highest BCUT2D eigenvalue weighted by Crippen LogP contribution is 2.33. The lowest BCUT2D eigenvalue weighted by Gasteiger charge is -2.10. The zero-order valence-electron chi connectivity index (χ0n) is 13.5. The molecule has 3 rings (SSSR count). The predicted octanol–water partition coefficient (Wildman–Crippen LogP) is 2.48. The van der Waals surface area contributed by atoms with Crippen LogP contribution in [0, 0.1) is 0 Å². The Hall–Kier alpha value is -2.82. The van der Waals surface area contributed by atoms with Crippen LogP contribution in [0.3, 0.4) is 0 Å². The van der Waals surface area contributed by atoms with E-state index in [1.807, 2.05) is 48.5 Å². The Bertz CT molecular complexity index is 741. The van der Waals surface area contributed by atoms with Crippen molar-refractivity contribution in [1.82, 2.24) is 5.32 Å². The Morgan fingerprint density at radius 3 is 2.67 bits per heavy atom. The SMILES string of the molecule is COc1ccc(CC(=O)NCCC2C(=O)Nc3ccccc32)cc1. The molecule has 1 heterocycles. The van der Waals surface area contributed by atoms with Crippen LogP contribution in [0.2, 0.25) is 0 Å². The predicted molar refractivity (Wildman–Crippen MR) is 92.1 cm³/mol. The van der Waals surface area contributed by atoms with Crippen LogP contribution in [-0.4, -0.2) is 25.5 Å². The molecule has 0 aromatic heterocycles. The number of hydrogen-bond donors (Lipinski definition) is 2. The summed E-state index contributed by atoms with van der Waals surface area (Å²) in [7, 11) is 1.61. The van der Waals surface area contributed by atoms with Gasteiger partial charge in [0.1, 0.15) is 5.75 Å². The van der Waals surface area contributed by atoms with Gasteiger partial charge in [-0.25, -0.2) is 0 Å². The van der Waals surface area contributed by atoms with Crippen molar-refractivity contribution in [3.05, 3.63) is 59.7 Å². The fourth-order valence-corrected chi connectivity index (χ4v) is 2.91. The van der Waals surface area contributed by atoms with E-state index < -0.39 is 0 Å². The Morgan fingerprint density at radius 1 is 1.17 bits per heavy atom. The first-order chi connectivity index (χ1) is 11.7. The van der Waals surface area contributed by atoms with Gasteiger partial charge in [0.2, 0.25) is 11.8 Å². The molecule has 0 saturated heterocycles. The van der Waals surface area contributed by atoms with Crippen LogP contribution in [0.15, 0.2) is 48.5 Å². The Labute approximate surface area is 141 Å². The summed E-state index contributed by atoms with van der Waals surface area (Å²) in [6.45, 7) is 0.474. The van der Waals surface area contributed by atoms with Gasteiger partial charge in [-0.1, -0.05) is 30.3 Å². The molecule has 5 heteroatoms. The number of carbonyl (C=O) groups excluding carboxylic acids is 2. The summed E-state index contributed by atoms with van der Waals surface area (Å²) in [5, 5.41) is 5.76. The van der Waals surface area contributed by atoms with Crippen LogP contribution >= 0.6 is 0 Å². The van der Waals surface area contributed by atoms with Gasteiger partial charge in [-0.15, -0.1) is 0 Å². The number of rotatable bonds is 6. The molecule has 2 aromatic rings. The van der Waals surface area contributed by atoms with E-state index in [1.165, 1.54) is 0 Å². The fourth-order valence-electron chi connectivity index (χ4n) is 2.91. The van der Waals surface area contributed by atoms with E-state index in [0.29, 0.717) is 19.4 Å². The highest BCUT2D eigenvalue weighted by Gasteiger charge is 2.29. The second-order valence-electron chi connectivity index (χ2n) is 5.79. The zero-order chi connectivity index (χ0) is 16.9. The van der Waals surface area contributed by atoms with E-state index in [1.54, 1.807) is 7.11 Å². The number of amides is 2. The van der Waals surface area contributed by atoms with Crippen molar-refractivity contribution in [1.29, 1.82) is 0 Å². The molecule has 0 bridgehead atoms. The van der Waals surface area contributed by atoms with Gasteiger partial charge in [-0.3, -0.25) is 9.59 Å². The standard InChI is InChI=1S/C19H20N2O3/c1-24-14-8-6-13(7-9-14)12-18(22)20-11-10-16-15-4-2-3-5-17(15)21-19(16)23/h2-9,16H,10-12H2,1H3,(H,20,22)(H,21,23). The van der Waals surface area contributed by atoms with E-state index in [-0.39, 0.29) is 17.7 Å². The van der Waals surface area contributed by atoms with Crippen molar-refractivity contribution in [3.63, 3.8) is 0 Å². The van der Waals surface area contributed by atoms with E-state index >= 15 is 0 Å². The Morgan fingerprint density at radius 2 is 1.92 bits per heavy atom. The van der Waals surface area contributed by atoms with Crippen LogP contribution in [0.4, 0.5) is 5.69 Å². The van der Waals surface area contributed by atoms with Crippen LogP contribution in [0.5, 0.6) is 5.75 Å². The third-order valence-electron chi connectivity index (χ3n) is 4.19. The van der Waals surface area contributed by atoms with Gasteiger partial charge >= 0.3 is 0 Å². The molecule has 2 amide bonds. The summed E-state index contributed by atoms with van der Waals surface area (Å²) >= 11 is 0. The van der Waals surface area contributed by atoms with Gasteiger partial charge in [0.15, 0.2) is 0 Å². The van der Waals surface area contributed by atoms with Gasteiger partial charge in [-0.2, -0.15) is 0 Å². The summed E-state index contributed by atoms with van der Waals surface area (Å²) in [5.74, 6) is 0.528. The first kappa shape index (κ1) is 16.1. The smallest absolute Gasteiger partial charge is 0.232 e. The third kappa shape index (κ3) is 3.56. The number of ether oxygens (including phenoxy) is 1. The van der Waals surface area contributed by atoms with Crippen molar-refractivity contribution in [2.24, 2.45) is 0 Å². The van der Waals surface area contributed by atoms with Crippen molar-refractivity contribution in [3.8, 4) is 5.75 Å². The summed E-state index contributed by atoms with van der Waals surface area (Å²) < 4.78 is 5.10. The number of benzene rings is 2. The molecule has 1 aliphatic rings. The Kier molecular flexibility index (Phi) is 4.79. The van der Waals surface area contributed by atoms with Crippen LogP contribution in [0.1, 0.15) is 23.5 Å². The molecule has 5 nitrogen and oxygen atoms in total. The van der Waals surface area contributed by atoms with Crippen LogP contribution < -0.4 is 15.4 Å². The van der Waals surface area contributed by atoms with Crippen molar-refractivity contribution in [2.75, 3.05) is 19.0 Å². The van der Waals surface area contributed by atoms with Crippen molar-refractivity contribution in [2.45, 2.75) is 18.8 Å². The highest BCUT2D eigenvalue weighted by atomic mass is 16.5. The number of nitrogens with one attached hydrogen (secondary N) is 2. The van der Waals surface area contributed by atoms with E-state index in [4.69, 9.17) is 4.74 Å². The maximum Gasteiger partial charge on any atom is 0.232 e. The van der Waals surface area contributed by atoms with E-state index in [0.717, 1.165) is 22.6 Å². The summed E-state index contributed by atoms with van der Waals surface area (Å²) in [6, 6.07) is 15.1. The number of fused-ring (bicyclic) bond motifs is 1. The third-order valence-corrected chi connectivity index (χ3v) is 4.19. The number of carbonyl (C=O) groups is 2. The summed E-state index contributed by atoms with van der Waals surface area (Å²) in [5.41, 5.74) is 2.81. The molecule has 2 N–H and O–H groups in total. The number of anilines is 1. The maximum atomic E-state index is 12.0. The van der Waals surface area contributed by atoms with Crippen molar-refractivity contribution >= 4 is 17.5 Å². The molecule has 24 heavy (non-hydrogen) atoms.